The Kier molecular flexibility index (Phi) is 12.2. The van der Waals surface area contributed by atoms with Crippen molar-refractivity contribution in [2.45, 2.75) is 65.1 Å². The van der Waals surface area contributed by atoms with E-state index in [1.54, 1.807) is 13.8 Å². The molecule has 0 heterocycles. The summed E-state index contributed by atoms with van der Waals surface area (Å²) in [5.41, 5.74) is 0. The molecule has 0 aliphatic carbocycles. The Balaban J connectivity index is 3.55. The van der Waals surface area contributed by atoms with E-state index in [0.29, 0.717) is 33.0 Å². The minimum Gasteiger partial charge on any atom is -0.391 e. The second-order valence-corrected chi connectivity index (χ2v) is 5.67. The van der Waals surface area contributed by atoms with Crippen molar-refractivity contribution in [2.75, 3.05) is 33.0 Å². The Morgan fingerprint density at radius 1 is 0.571 bits per heavy atom. The molecule has 0 saturated heterocycles. The van der Waals surface area contributed by atoms with E-state index in [0.717, 1.165) is 0 Å². The van der Waals surface area contributed by atoms with E-state index in [9.17, 15) is 0 Å². The molecular weight excluding hydrogens is 276 g/mol. The Morgan fingerprint density at radius 2 is 0.905 bits per heavy atom. The molecule has 0 aromatic carbocycles. The molecule has 0 radical (unpaired) electrons. The van der Waals surface area contributed by atoms with Crippen molar-refractivity contribution in [1.82, 2.24) is 0 Å². The topological polar surface area (TPSA) is 77.4 Å². The minimum atomic E-state index is -0.462. The van der Waals surface area contributed by atoms with Crippen molar-refractivity contribution in [2.24, 2.45) is 0 Å². The number of hydrogen-bond acceptors (Lipinski definition) is 6. The Morgan fingerprint density at radius 3 is 1.29 bits per heavy atom. The van der Waals surface area contributed by atoms with Crippen molar-refractivity contribution < 1.29 is 29.2 Å². The van der Waals surface area contributed by atoms with Crippen LogP contribution >= 0.6 is 0 Å². The van der Waals surface area contributed by atoms with Crippen LogP contribution in [-0.2, 0) is 18.9 Å². The van der Waals surface area contributed by atoms with Gasteiger partial charge in [0.2, 0.25) is 0 Å². The highest BCUT2D eigenvalue weighted by molar-refractivity contribution is 4.55. The van der Waals surface area contributed by atoms with E-state index in [-0.39, 0.29) is 18.3 Å². The minimum absolute atomic E-state index is 0.0356. The molecule has 0 fully saturated rings. The molecule has 0 saturated carbocycles. The Bertz CT molecular complexity index is 234. The molecule has 0 aromatic heterocycles. The van der Waals surface area contributed by atoms with Crippen LogP contribution in [0.4, 0.5) is 0 Å². The third kappa shape index (κ3) is 14.5. The van der Waals surface area contributed by atoms with Gasteiger partial charge in [0.15, 0.2) is 0 Å². The van der Waals surface area contributed by atoms with E-state index in [1.807, 2.05) is 20.8 Å². The molecule has 128 valence electrons. The van der Waals surface area contributed by atoms with Crippen molar-refractivity contribution in [3.05, 3.63) is 0 Å². The Labute approximate surface area is 128 Å². The smallest absolute Gasteiger partial charge is 0.0781 e. The number of aliphatic hydroxyl groups excluding tert-OH is 2. The molecule has 5 unspecified atom stereocenters. The van der Waals surface area contributed by atoms with Gasteiger partial charge in [-0.1, -0.05) is 0 Å². The summed E-state index contributed by atoms with van der Waals surface area (Å²) in [6.45, 7) is 11.1. The fourth-order valence-corrected chi connectivity index (χ4v) is 1.45. The molecule has 0 amide bonds. The fourth-order valence-electron chi connectivity index (χ4n) is 1.45. The molecular formula is C15H32O6. The second-order valence-electron chi connectivity index (χ2n) is 5.67. The highest BCUT2D eigenvalue weighted by atomic mass is 16.6. The first-order valence-corrected chi connectivity index (χ1v) is 7.59. The summed E-state index contributed by atoms with van der Waals surface area (Å²) in [4.78, 5) is 0. The lowest BCUT2D eigenvalue weighted by Crippen LogP contribution is -2.27. The maximum absolute atomic E-state index is 9.11. The highest BCUT2D eigenvalue weighted by Crippen LogP contribution is 2.00. The molecule has 5 atom stereocenters. The first kappa shape index (κ1) is 20.8. The lowest BCUT2D eigenvalue weighted by atomic mass is 10.4. The van der Waals surface area contributed by atoms with Crippen LogP contribution in [0.1, 0.15) is 34.6 Å². The maximum atomic E-state index is 9.11. The van der Waals surface area contributed by atoms with Crippen LogP contribution in [0.25, 0.3) is 0 Å². The maximum Gasteiger partial charge on any atom is 0.0781 e. The van der Waals surface area contributed by atoms with Gasteiger partial charge in [0, 0.05) is 0 Å². The second kappa shape index (κ2) is 12.3. The lowest BCUT2D eigenvalue weighted by Gasteiger charge is -2.19. The molecule has 6 heteroatoms. The van der Waals surface area contributed by atoms with Crippen molar-refractivity contribution in [3.63, 3.8) is 0 Å². The molecule has 6 nitrogen and oxygen atoms in total. The van der Waals surface area contributed by atoms with Gasteiger partial charge in [-0.15, -0.1) is 0 Å². The Hall–Kier alpha value is -0.240. The zero-order valence-corrected chi connectivity index (χ0v) is 13.9. The molecule has 0 aromatic rings. The number of rotatable bonds is 13. The van der Waals surface area contributed by atoms with Crippen molar-refractivity contribution >= 4 is 0 Å². The average Bonchev–Trinajstić information content (AvgIpc) is 2.40. The number of hydrogen-bond donors (Lipinski definition) is 2. The first-order chi connectivity index (χ1) is 9.81. The van der Waals surface area contributed by atoms with Gasteiger partial charge in [0.25, 0.3) is 0 Å². The van der Waals surface area contributed by atoms with Crippen LogP contribution in [0.5, 0.6) is 0 Å². The summed E-state index contributed by atoms with van der Waals surface area (Å²) < 4.78 is 21.9. The monoisotopic (exact) mass is 308 g/mol. The van der Waals surface area contributed by atoms with Gasteiger partial charge < -0.3 is 29.2 Å². The molecule has 0 bridgehead atoms. The standard InChI is InChI=1S/C15H32O6/c1-11(16)6-19-13(3)8-18-9-14(4)21-10-15(5)20-7-12(2)17/h11-17H,6-10H2,1-5H3. The van der Waals surface area contributed by atoms with Crippen LogP contribution in [0.15, 0.2) is 0 Å². The van der Waals surface area contributed by atoms with Crippen LogP contribution in [0, 0.1) is 0 Å². The van der Waals surface area contributed by atoms with Gasteiger partial charge >= 0.3 is 0 Å². The van der Waals surface area contributed by atoms with Crippen molar-refractivity contribution in [1.29, 1.82) is 0 Å². The largest absolute Gasteiger partial charge is 0.391 e. The highest BCUT2D eigenvalue weighted by Gasteiger charge is 2.10. The zero-order valence-electron chi connectivity index (χ0n) is 13.9. The summed E-state index contributed by atoms with van der Waals surface area (Å²) in [7, 11) is 0. The van der Waals surface area contributed by atoms with Gasteiger partial charge in [0.1, 0.15) is 0 Å². The van der Waals surface area contributed by atoms with Gasteiger partial charge in [-0.3, -0.25) is 0 Å². The number of ether oxygens (including phenoxy) is 4. The molecule has 0 aliphatic heterocycles. The van der Waals surface area contributed by atoms with Gasteiger partial charge in [-0.2, -0.15) is 0 Å². The van der Waals surface area contributed by atoms with Crippen LogP contribution in [0.3, 0.4) is 0 Å². The molecule has 21 heavy (non-hydrogen) atoms. The third-order valence-electron chi connectivity index (χ3n) is 2.56. The van der Waals surface area contributed by atoms with E-state index >= 15 is 0 Å². The van der Waals surface area contributed by atoms with Crippen LogP contribution in [0.2, 0.25) is 0 Å². The predicted molar refractivity (Wildman–Crippen MR) is 80.4 cm³/mol. The quantitative estimate of drug-likeness (QED) is 0.528. The first-order valence-electron chi connectivity index (χ1n) is 7.59. The van der Waals surface area contributed by atoms with E-state index < -0.39 is 12.2 Å². The van der Waals surface area contributed by atoms with Gasteiger partial charge in [-0.25, -0.2) is 0 Å². The van der Waals surface area contributed by atoms with Crippen LogP contribution in [-0.4, -0.2) is 73.8 Å². The van der Waals surface area contributed by atoms with E-state index in [1.165, 1.54) is 0 Å². The normalized spacial score (nSPS) is 19.0. The van der Waals surface area contributed by atoms with Gasteiger partial charge in [0.05, 0.1) is 63.6 Å². The summed E-state index contributed by atoms with van der Waals surface area (Å²) in [6, 6.07) is 0. The number of aliphatic hydroxyl groups is 2. The van der Waals surface area contributed by atoms with Crippen LogP contribution < -0.4 is 0 Å². The molecule has 0 rings (SSSR count). The zero-order chi connectivity index (χ0) is 16.3. The summed E-state index contributed by atoms with van der Waals surface area (Å²) in [5, 5.41) is 18.2. The lowest BCUT2D eigenvalue weighted by molar-refractivity contribution is -0.0840. The SMILES string of the molecule is CC(O)COC(C)COCC(C)OCC(C)OCC(C)O. The van der Waals surface area contributed by atoms with Gasteiger partial charge in [-0.05, 0) is 34.6 Å². The van der Waals surface area contributed by atoms with E-state index in [2.05, 4.69) is 0 Å². The molecule has 0 spiro atoms. The van der Waals surface area contributed by atoms with E-state index in [4.69, 9.17) is 29.2 Å². The molecule has 0 aliphatic rings. The summed E-state index contributed by atoms with van der Waals surface area (Å²) >= 11 is 0. The fraction of sp³-hybridized carbons (Fsp3) is 1.00. The summed E-state index contributed by atoms with van der Waals surface area (Å²) in [5.74, 6) is 0. The summed E-state index contributed by atoms with van der Waals surface area (Å²) in [6.07, 6.45) is -1.07. The molecule has 2 N–H and O–H groups in total. The third-order valence-corrected chi connectivity index (χ3v) is 2.56. The average molecular weight is 308 g/mol. The predicted octanol–water partition coefficient (Wildman–Crippen LogP) is 0.980. The van der Waals surface area contributed by atoms with Crippen molar-refractivity contribution in [3.8, 4) is 0 Å².